The highest BCUT2D eigenvalue weighted by Gasteiger charge is 2.17. The molecule has 22 heavy (non-hydrogen) atoms. The van der Waals surface area contributed by atoms with Crippen LogP contribution in [-0.2, 0) is 6.54 Å². The van der Waals surface area contributed by atoms with Crippen LogP contribution in [0.3, 0.4) is 0 Å². The topological polar surface area (TPSA) is 41.5 Å². The van der Waals surface area contributed by atoms with Crippen molar-refractivity contribution in [3.05, 3.63) is 34.3 Å². The van der Waals surface area contributed by atoms with Gasteiger partial charge in [0.1, 0.15) is 15.8 Å². The van der Waals surface area contributed by atoms with Gasteiger partial charge in [0.05, 0.1) is 7.11 Å². The molecule has 0 aliphatic carbocycles. The molecule has 1 aromatic carbocycles. The summed E-state index contributed by atoms with van der Waals surface area (Å²) in [5.41, 5.74) is 2.14. The van der Waals surface area contributed by atoms with Crippen LogP contribution in [0, 0.1) is 0 Å². The van der Waals surface area contributed by atoms with Crippen LogP contribution in [0.25, 0.3) is 0 Å². The van der Waals surface area contributed by atoms with E-state index in [9.17, 15) is 0 Å². The van der Waals surface area contributed by atoms with Gasteiger partial charge in [-0.3, -0.25) is 4.90 Å². The molecule has 0 bridgehead atoms. The van der Waals surface area contributed by atoms with Crippen LogP contribution < -0.4 is 9.64 Å². The Morgan fingerprint density at radius 3 is 2.68 bits per heavy atom. The Kier molecular flexibility index (Phi) is 5.12. The molecule has 5 nitrogen and oxygen atoms in total. The van der Waals surface area contributed by atoms with Crippen LogP contribution >= 0.6 is 23.1 Å². The number of rotatable bonds is 4. The maximum absolute atomic E-state index is 6.10. The number of nitrogens with zero attached hydrogens (tertiary/aromatic N) is 4. The van der Waals surface area contributed by atoms with E-state index in [2.05, 4.69) is 31.5 Å². The molecular formula is C15H19ClN4OS. The molecule has 1 aromatic heterocycles. The monoisotopic (exact) mass is 338 g/mol. The van der Waals surface area contributed by atoms with Crippen molar-refractivity contribution in [3.8, 4) is 5.75 Å². The first kappa shape index (κ1) is 15.5. The molecular weight excluding hydrogens is 320 g/mol. The summed E-state index contributed by atoms with van der Waals surface area (Å²) in [4.78, 5) is 4.81. The molecule has 0 N–H and O–H groups in total. The fraction of sp³-hybridized carbons (Fsp3) is 0.467. The second kappa shape index (κ2) is 7.26. The van der Waals surface area contributed by atoms with Crippen molar-refractivity contribution in [2.24, 2.45) is 0 Å². The number of halogens is 1. The van der Waals surface area contributed by atoms with E-state index in [-0.39, 0.29) is 0 Å². The summed E-state index contributed by atoms with van der Waals surface area (Å²) in [7, 11) is 1.69. The molecule has 7 heteroatoms. The molecule has 0 spiro atoms. The zero-order chi connectivity index (χ0) is 15.4. The van der Waals surface area contributed by atoms with Gasteiger partial charge in [0.25, 0.3) is 0 Å². The lowest BCUT2D eigenvalue weighted by Gasteiger charge is -2.23. The minimum Gasteiger partial charge on any atom is -0.497 e. The number of aromatic nitrogens is 2. The fourth-order valence-electron chi connectivity index (χ4n) is 2.68. The minimum atomic E-state index is 0.705. The Morgan fingerprint density at radius 2 is 2.00 bits per heavy atom. The van der Waals surface area contributed by atoms with Gasteiger partial charge in [0, 0.05) is 49.9 Å². The van der Waals surface area contributed by atoms with Crippen LogP contribution in [0.2, 0.25) is 4.34 Å². The third kappa shape index (κ3) is 3.69. The van der Waals surface area contributed by atoms with E-state index < -0.39 is 0 Å². The average molecular weight is 339 g/mol. The fourth-order valence-corrected chi connectivity index (χ4v) is 3.30. The Morgan fingerprint density at radius 1 is 1.18 bits per heavy atom. The Balaban J connectivity index is 1.60. The number of ether oxygens (including phenoxy) is 1. The second-order valence-electron chi connectivity index (χ2n) is 5.31. The molecule has 0 saturated carbocycles. The normalized spacial score (nSPS) is 16.5. The molecule has 0 amide bonds. The first-order valence-corrected chi connectivity index (χ1v) is 8.49. The molecule has 0 atom stereocenters. The molecule has 0 unspecified atom stereocenters. The van der Waals surface area contributed by atoms with Crippen molar-refractivity contribution >= 4 is 28.8 Å². The summed E-state index contributed by atoms with van der Waals surface area (Å²) in [6, 6.07) is 8.27. The number of hydrogen-bond donors (Lipinski definition) is 0. The molecule has 3 rings (SSSR count). The van der Waals surface area contributed by atoms with E-state index in [1.165, 1.54) is 17.2 Å². The lowest BCUT2D eigenvalue weighted by atomic mass is 10.2. The molecule has 118 valence electrons. The Bertz CT molecular complexity index is 604. The van der Waals surface area contributed by atoms with E-state index in [0.29, 0.717) is 4.34 Å². The lowest BCUT2D eigenvalue weighted by molar-refractivity contribution is 0.282. The molecule has 1 saturated heterocycles. The van der Waals surface area contributed by atoms with E-state index in [1.807, 2.05) is 12.1 Å². The van der Waals surface area contributed by atoms with Gasteiger partial charge in [-0.05, 0) is 30.7 Å². The molecule has 2 aromatic rings. The quantitative estimate of drug-likeness (QED) is 0.857. The van der Waals surface area contributed by atoms with Gasteiger partial charge in [-0.25, -0.2) is 0 Å². The number of anilines is 1. The van der Waals surface area contributed by atoms with Gasteiger partial charge in [-0.15, -0.1) is 5.10 Å². The highest BCUT2D eigenvalue weighted by molar-refractivity contribution is 7.10. The van der Waals surface area contributed by atoms with Crippen LogP contribution in [0.4, 0.5) is 5.69 Å². The predicted molar refractivity (Wildman–Crippen MR) is 90.0 cm³/mol. The smallest absolute Gasteiger partial charge is 0.138 e. The van der Waals surface area contributed by atoms with E-state index in [1.54, 1.807) is 7.11 Å². The highest BCUT2D eigenvalue weighted by Crippen LogP contribution is 2.22. The molecule has 0 radical (unpaired) electrons. The van der Waals surface area contributed by atoms with E-state index >= 15 is 0 Å². The van der Waals surface area contributed by atoms with Gasteiger partial charge >= 0.3 is 0 Å². The number of methoxy groups -OCH3 is 1. The van der Waals surface area contributed by atoms with Gasteiger partial charge in [0.2, 0.25) is 0 Å². The summed E-state index contributed by atoms with van der Waals surface area (Å²) in [6.45, 7) is 4.90. The molecule has 2 heterocycles. The average Bonchev–Trinajstić information content (AvgIpc) is 2.81. The van der Waals surface area contributed by atoms with Gasteiger partial charge in [0.15, 0.2) is 0 Å². The van der Waals surface area contributed by atoms with Crippen molar-refractivity contribution in [2.75, 3.05) is 38.2 Å². The SMILES string of the molecule is COc1ccc(N2CCCN(Cc3nnsc3Cl)CC2)cc1. The van der Waals surface area contributed by atoms with E-state index in [0.717, 1.165) is 50.6 Å². The summed E-state index contributed by atoms with van der Waals surface area (Å²) in [5.74, 6) is 0.894. The summed E-state index contributed by atoms with van der Waals surface area (Å²) in [5, 5.41) is 4.10. The molecule has 1 aliphatic heterocycles. The van der Waals surface area contributed by atoms with Crippen molar-refractivity contribution in [3.63, 3.8) is 0 Å². The first-order valence-electron chi connectivity index (χ1n) is 7.34. The van der Waals surface area contributed by atoms with Gasteiger partial charge in [-0.1, -0.05) is 16.1 Å². The van der Waals surface area contributed by atoms with Crippen LogP contribution in [0.5, 0.6) is 5.75 Å². The first-order chi connectivity index (χ1) is 10.8. The third-order valence-electron chi connectivity index (χ3n) is 3.91. The summed E-state index contributed by atoms with van der Waals surface area (Å²) >= 11 is 7.35. The van der Waals surface area contributed by atoms with E-state index in [4.69, 9.17) is 16.3 Å². The van der Waals surface area contributed by atoms with Crippen LogP contribution in [-0.4, -0.2) is 47.8 Å². The van der Waals surface area contributed by atoms with Crippen molar-refractivity contribution in [2.45, 2.75) is 13.0 Å². The van der Waals surface area contributed by atoms with Gasteiger partial charge in [-0.2, -0.15) is 0 Å². The maximum Gasteiger partial charge on any atom is 0.138 e. The second-order valence-corrected chi connectivity index (χ2v) is 6.66. The lowest BCUT2D eigenvalue weighted by Crippen LogP contribution is -2.30. The van der Waals surface area contributed by atoms with Crippen LogP contribution in [0.15, 0.2) is 24.3 Å². The highest BCUT2D eigenvalue weighted by atomic mass is 35.5. The Labute approximate surface area is 139 Å². The summed E-state index contributed by atoms with van der Waals surface area (Å²) < 4.78 is 9.82. The summed E-state index contributed by atoms with van der Waals surface area (Å²) in [6.07, 6.45) is 1.13. The standard InChI is InChI=1S/C15H19ClN4OS/c1-21-13-5-3-12(4-6-13)20-8-2-7-19(9-10-20)11-14-15(16)22-18-17-14/h3-6H,2,7-11H2,1H3. The Hall–Kier alpha value is -1.37. The number of hydrogen-bond acceptors (Lipinski definition) is 6. The van der Waals surface area contributed by atoms with Gasteiger partial charge < -0.3 is 9.64 Å². The van der Waals surface area contributed by atoms with Crippen molar-refractivity contribution in [1.29, 1.82) is 0 Å². The zero-order valence-corrected chi connectivity index (χ0v) is 14.1. The molecule has 1 aliphatic rings. The minimum absolute atomic E-state index is 0.705. The largest absolute Gasteiger partial charge is 0.497 e. The van der Waals surface area contributed by atoms with Crippen molar-refractivity contribution in [1.82, 2.24) is 14.5 Å². The number of benzene rings is 1. The third-order valence-corrected chi connectivity index (χ3v) is 4.89. The van der Waals surface area contributed by atoms with Crippen LogP contribution in [0.1, 0.15) is 12.1 Å². The zero-order valence-electron chi connectivity index (χ0n) is 12.5. The maximum atomic E-state index is 6.10. The molecule has 1 fully saturated rings. The predicted octanol–water partition coefficient (Wildman–Crippen LogP) is 2.91. The van der Waals surface area contributed by atoms with Crippen molar-refractivity contribution < 1.29 is 4.74 Å².